The van der Waals surface area contributed by atoms with Gasteiger partial charge in [-0.15, -0.1) is 0 Å². The van der Waals surface area contributed by atoms with Crippen LogP contribution in [0.5, 0.6) is 5.75 Å². The number of carboxylic acid groups (broad SMARTS) is 1. The number of amides is 1. The molecule has 1 aliphatic carbocycles. The van der Waals surface area contributed by atoms with Crippen molar-refractivity contribution in [2.24, 2.45) is 5.41 Å². The standard InChI is InChI=1S/C16H20ClNO4/c1-16(2,8-14(19)20)9-18-15(21)12-7-10(17)3-6-13(12)22-11-4-5-11/h3,6-7,11H,4-5,8-9H2,1-2H3,(H,18,21)(H,19,20). The molecule has 0 unspecified atom stereocenters. The molecule has 2 N–H and O–H groups in total. The summed E-state index contributed by atoms with van der Waals surface area (Å²) >= 11 is 5.96. The third-order valence-electron chi connectivity index (χ3n) is 3.36. The molecular weight excluding hydrogens is 306 g/mol. The molecule has 22 heavy (non-hydrogen) atoms. The lowest BCUT2D eigenvalue weighted by molar-refractivity contribution is -0.139. The molecule has 0 aromatic heterocycles. The first kappa shape index (κ1) is 16.6. The van der Waals surface area contributed by atoms with E-state index in [1.807, 2.05) is 0 Å². The molecule has 1 aromatic rings. The van der Waals surface area contributed by atoms with Gasteiger partial charge in [0.2, 0.25) is 0 Å². The summed E-state index contributed by atoms with van der Waals surface area (Å²) in [6.07, 6.45) is 2.15. The Morgan fingerprint density at radius 3 is 2.68 bits per heavy atom. The summed E-state index contributed by atoms with van der Waals surface area (Å²) in [5, 5.41) is 12.1. The van der Waals surface area contributed by atoms with Crippen LogP contribution in [0.2, 0.25) is 5.02 Å². The molecule has 1 aromatic carbocycles. The minimum Gasteiger partial charge on any atom is -0.490 e. The fourth-order valence-electron chi connectivity index (χ4n) is 2.03. The Morgan fingerprint density at radius 1 is 1.41 bits per heavy atom. The van der Waals surface area contributed by atoms with Gasteiger partial charge >= 0.3 is 5.97 Å². The predicted octanol–water partition coefficient (Wildman–Crippen LogP) is 3.11. The van der Waals surface area contributed by atoms with Gasteiger partial charge in [-0.3, -0.25) is 9.59 Å². The Kier molecular flexibility index (Phi) is 4.96. The number of ether oxygens (including phenoxy) is 1. The number of hydrogen-bond acceptors (Lipinski definition) is 3. The van der Waals surface area contributed by atoms with Gasteiger partial charge in [0, 0.05) is 11.6 Å². The number of carbonyl (C=O) groups is 2. The molecule has 0 saturated heterocycles. The molecule has 0 heterocycles. The van der Waals surface area contributed by atoms with Crippen LogP contribution in [-0.4, -0.2) is 29.6 Å². The molecule has 120 valence electrons. The van der Waals surface area contributed by atoms with Gasteiger partial charge in [0.25, 0.3) is 5.91 Å². The molecule has 0 radical (unpaired) electrons. The zero-order valence-corrected chi connectivity index (χ0v) is 13.4. The summed E-state index contributed by atoms with van der Waals surface area (Å²) in [7, 11) is 0. The maximum atomic E-state index is 12.4. The van der Waals surface area contributed by atoms with Crippen LogP contribution < -0.4 is 10.1 Å². The highest BCUT2D eigenvalue weighted by atomic mass is 35.5. The molecule has 0 bridgehead atoms. The zero-order valence-electron chi connectivity index (χ0n) is 12.7. The highest BCUT2D eigenvalue weighted by molar-refractivity contribution is 6.31. The minimum atomic E-state index is -0.889. The van der Waals surface area contributed by atoms with Gasteiger partial charge in [0.1, 0.15) is 5.75 Å². The van der Waals surface area contributed by atoms with Crippen LogP contribution in [0.15, 0.2) is 18.2 Å². The van der Waals surface area contributed by atoms with Crippen molar-refractivity contribution in [3.05, 3.63) is 28.8 Å². The van der Waals surface area contributed by atoms with Crippen molar-refractivity contribution in [2.45, 2.75) is 39.2 Å². The average Bonchev–Trinajstić information content (AvgIpc) is 3.21. The second kappa shape index (κ2) is 6.57. The number of nitrogens with one attached hydrogen (secondary N) is 1. The van der Waals surface area contributed by atoms with Gasteiger partial charge in [-0.1, -0.05) is 25.4 Å². The number of hydrogen-bond donors (Lipinski definition) is 2. The minimum absolute atomic E-state index is 0.0196. The number of carbonyl (C=O) groups excluding carboxylic acids is 1. The first-order chi connectivity index (χ1) is 10.3. The van der Waals surface area contributed by atoms with Crippen LogP contribution >= 0.6 is 11.6 Å². The summed E-state index contributed by atoms with van der Waals surface area (Å²) in [4.78, 5) is 23.2. The molecule has 1 fully saturated rings. The van der Waals surface area contributed by atoms with E-state index in [0.29, 0.717) is 16.3 Å². The normalized spacial score (nSPS) is 14.5. The Balaban J connectivity index is 2.05. The molecule has 0 spiro atoms. The number of carboxylic acids is 1. The Bertz CT molecular complexity index is 582. The molecule has 1 amide bonds. The second-order valence-electron chi connectivity index (χ2n) is 6.38. The maximum Gasteiger partial charge on any atom is 0.303 e. The van der Waals surface area contributed by atoms with Gasteiger partial charge < -0.3 is 15.2 Å². The van der Waals surface area contributed by atoms with Crippen LogP contribution in [0.4, 0.5) is 0 Å². The topological polar surface area (TPSA) is 75.6 Å². The summed E-state index contributed by atoms with van der Waals surface area (Å²) in [5.74, 6) is -0.684. The fourth-order valence-corrected chi connectivity index (χ4v) is 2.21. The SMILES string of the molecule is CC(C)(CNC(=O)c1cc(Cl)ccc1OC1CC1)CC(=O)O. The van der Waals surface area contributed by atoms with E-state index < -0.39 is 11.4 Å². The quantitative estimate of drug-likeness (QED) is 0.807. The van der Waals surface area contributed by atoms with Crippen LogP contribution in [0, 0.1) is 5.41 Å². The number of aliphatic carboxylic acids is 1. The average molecular weight is 326 g/mol. The largest absolute Gasteiger partial charge is 0.490 e. The van der Waals surface area contributed by atoms with Gasteiger partial charge in [-0.05, 0) is 36.5 Å². The van der Waals surface area contributed by atoms with Crippen molar-refractivity contribution in [2.75, 3.05) is 6.54 Å². The fraction of sp³-hybridized carbons (Fsp3) is 0.500. The molecule has 2 rings (SSSR count). The van der Waals surface area contributed by atoms with Crippen LogP contribution in [0.1, 0.15) is 43.5 Å². The zero-order chi connectivity index (χ0) is 16.3. The van der Waals surface area contributed by atoms with Crippen molar-refractivity contribution >= 4 is 23.5 Å². The van der Waals surface area contributed by atoms with Crippen molar-refractivity contribution in [1.82, 2.24) is 5.32 Å². The summed E-state index contributed by atoms with van der Waals surface area (Å²) < 4.78 is 5.72. The molecule has 0 aliphatic heterocycles. The van der Waals surface area contributed by atoms with Crippen LogP contribution in [-0.2, 0) is 4.79 Å². The van der Waals surface area contributed by atoms with E-state index in [4.69, 9.17) is 21.4 Å². The molecule has 1 aliphatic rings. The third-order valence-corrected chi connectivity index (χ3v) is 3.60. The van der Waals surface area contributed by atoms with Crippen LogP contribution in [0.3, 0.4) is 0 Å². The van der Waals surface area contributed by atoms with E-state index in [0.717, 1.165) is 12.8 Å². The van der Waals surface area contributed by atoms with E-state index in [2.05, 4.69) is 5.32 Å². The van der Waals surface area contributed by atoms with Gasteiger partial charge in [-0.25, -0.2) is 0 Å². The Labute approximate surface area is 134 Å². The molecular formula is C16H20ClNO4. The first-order valence-electron chi connectivity index (χ1n) is 7.23. The lowest BCUT2D eigenvalue weighted by atomic mass is 9.89. The van der Waals surface area contributed by atoms with E-state index in [-0.39, 0.29) is 25.0 Å². The number of rotatable bonds is 7. The van der Waals surface area contributed by atoms with Gasteiger partial charge in [-0.2, -0.15) is 0 Å². The summed E-state index contributed by atoms with van der Waals surface area (Å²) in [6.45, 7) is 3.84. The van der Waals surface area contributed by atoms with Crippen molar-refractivity contribution in [3.63, 3.8) is 0 Å². The van der Waals surface area contributed by atoms with E-state index in [1.165, 1.54) is 0 Å². The first-order valence-corrected chi connectivity index (χ1v) is 7.61. The van der Waals surface area contributed by atoms with E-state index in [1.54, 1.807) is 32.0 Å². The molecule has 0 atom stereocenters. The Morgan fingerprint density at radius 2 is 2.09 bits per heavy atom. The molecule has 6 heteroatoms. The highest BCUT2D eigenvalue weighted by Gasteiger charge is 2.27. The number of halogens is 1. The van der Waals surface area contributed by atoms with Crippen molar-refractivity contribution < 1.29 is 19.4 Å². The monoisotopic (exact) mass is 325 g/mol. The second-order valence-corrected chi connectivity index (χ2v) is 6.81. The van der Waals surface area contributed by atoms with E-state index in [9.17, 15) is 9.59 Å². The van der Waals surface area contributed by atoms with Crippen molar-refractivity contribution in [1.29, 1.82) is 0 Å². The Hall–Kier alpha value is -1.75. The summed E-state index contributed by atoms with van der Waals surface area (Å²) in [6, 6.07) is 4.95. The van der Waals surface area contributed by atoms with E-state index >= 15 is 0 Å². The highest BCUT2D eigenvalue weighted by Crippen LogP contribution is 2.31. The van der Waals surface area contributed by atoms with Gasteiger partial charge in [0.05, 0.1) is 18.1 Å². The predicted molar refractivity (Wildman–Crippen MR) is 83.5 cm³/mol. The van der Waals surface area contributed by atoms with Gasteiger partial charge in [0.15, 0.2) is 0 Å². The molecule has 5 nitrogen and oxygen atoms in total. The lowest BCUT2D eigenvalue weighted by Crippen LogP contribution is -2.35. The van der Waals surface area contributed by atoms with Crippen molar-refractivity contribution in [3.8, 4) is 5.75 Å². The number of benzene rings is 1. The summed E-state index contributed by atoms with van der Waals surface area (Å²) in [5.41, 5.74) is -0.150. The maximum absolute atomic E-state index is 12.4. The lowest BCUT2D eigenvalue weighted by Gasteiger charge is -2.23. The smallest absolute Gasteiger partial charge is 0.303 e. The third kappa shape index (κ3) is 4.91. The van der Waals surface area contributed by atoms with Crippen LogP contribution in [0.25, 0.3) is 0 Å². The molecule has 1 saturated carbocycles.